The van der Waals surface area contributed by atoms with Crippen LogP contribution in [0.5, 0.6) is 0 Å². The Morgan fingerprint density at radius 1 is 1.45 bits per heavy atom. The zero-order chi connectivity index (χ0) is 14.7. The van der Waals surface area contributed by atoms with Crippen LogP contribution in [0.1, 0.15) is 10.4 Å². The molecule has 20 heavy (non-hydrogen) atoms. The van der Waals surface area contributed by atoms with E-state index in [-0.39, 0.29) is 11.4 Å². The standard InChI is InChI=1S/C11H16N4O5/c1-19-11(18)8-9(12)15(6-7(16)17)13-10(8)14-2-4-20-5-3-14/h2-6,12H2,1H3,(H,16,17). The molecule has 0 amide bonds. The molecule has 0 atom stereocenters. The summed E-state index contributed by atoms with van der Waals surface area (Å²) in [5, 5.41) is 13.0. The third-order valence-corrected chi connectivity index (χ3v) is 2.96. The molecule has 0 saturated carbocycles. The lowest BCUT2D eigenvalue weighted by atomic mass is 10.2. The number of aliphatic carboxylic acids is 1. The van der Waals surface area contributed by atoms with Crippen LogP contribution >= 0.6 is 0 Å². The largest absolute Gasteiger partial charge is 0.480 e. The van der Waals surface area contributed by atoms with E-state index in [1.165, 1.54) is 7.11 Å². The Labute approximate surface area is 114 Å². The summed E-state index contributed by atoms with van der Waals surface area (Å²) in [4.78, 5) is 24.5. The van der Waals surface area contributed by atoms with Crippen LogP contribution in [0.2, 0.25) is 0 Å². The van der Waals surface area contributed by atoms with Crippen LogP contribution in [0.3, 0.4) is 0 Å². The second kappa shape index (κ2) is 5.78. The highest BCUT2D eigenvalue weighted by atomic mass is 16.5. The zero-order valence-corrected chi connectivity index (χ0v) is 11.0. The molecule has 9 nitrogen and oxygen atoms in total. The SMILES string of the molecule is COC(=O)c1c(N2CCOCC2)nn(CC(=O)O)c1N. The van der Waals surface area contributed by atoms with Gasteiger partial charge in [-0.3, -0.25) is 4.79 Å². The Balaban J connectivity index is 2.41. The molecule has 9 heteroatoms. The molecule has 1 aliphatic heterocycles. The van der Waals surface area contributed by atoms with Crippen LogP contribution < -0.4 is 10.6 Å². The number of carboxylic acid groups (broad SMARTS) is 1. The Kier molecular flexibility index (Phi) is 4.08. The Morgan fingerprint density at radius 2 is 2.10 bits per heavy atom. The van der Waals surface area contributed by atoms with E-state index in [0.717, 1.165) is 4.68 Å². The first-order chi connectivity index (χ1) is 9.54. The van der Waals surface area contributed by atoms with Crippen molar-refractivity contribution < 1.29 is 24.2 Å². The fraction of sp³-hybridized carbons (Fsp3) is 0.545. The first-order valence-corrected chi connectivity index (χ1v) is 6.03. The van der Waals surface area contributed by atoms with Crippen molar-refractivity contribution in [2.45, 2.75) is 6.54 Å². The van der Waals surface area contributed by atoms with Crippen molar-refractivity contribution in [2.75, 3.05) is 44.0 Å². The molecule has 1 aromatic rings. The molecule has 1 saturated heterocycles. The van der Waals surface area contributed by atoms with Gasteiger partial charge in [0.25, 0.3) is 0 Å². The normalized spacial score (nSPS) is 15.2. The maximum Gasteiger partial charge on any atom is 0.345 e. The van der Waals surface area contributed by atoms with Gasteiger partial charge in [0.1, 0.15) is 17.9 Å². The molecular weight excluding hydrogens is 268 g/mol. The first kappa shape index (κ1) is 14.1. The highest BCUT2D eigenvalue weighted by Crippen LogP contribution is 2.26. The Morgan fingerprint density at radius 3 is 2.65 bits per heavy atom. The van der Waals surface area contributed by atoms with Gasteiger partial charge in [0.15, 0.2) is 5.82 Å². The van der Waals surface area contributed by atoms with E-state index in [0.29, 0.717) is 32.1 Å². The number of nitrogens with zero attached hydrogens (tertiary/aromatic N) is 3. The van der Waals surface area contributed by atoms with Gasteiger partial charge in [0.2, 0.25) is 0 Å². The highest BCUT2D eigenvalue weighted by molar-refractivity contribution is 6.00. The van der Waals surface area contributed by atoms with Crippen molar-refractivity contribution in [3.8, 4) is 0 Å². The molecule has 0 aromatic carbocycles. The molecule has 0 unspecified atom stereocenters. The molecule has 2 rings (SSSR count). The molecule has 110 valence electrons. The van der Waals surface area contributed by atoms with Crippen LogP contribution in [0.15, 0.2) is 0 Å². The second-order valence-corrected chi connectivity index (χ2v) is 4.23. The number of ether oxygens (including phenoxy) is 2. The first-order valence-electron chi connectivity index (χ1n) is 6.03. The Hall–Kier alpha value is -2.29. The van der Waals surface area contributed by atoms with E-state index < -0.39 is 18.5 Å². The lowest BCUT2D eigenvalue weighted by Gasteiger charge is -2.27. The van der Waals surface area contributed by atoms with Gasteiger partial charge < -0.3 is 25.2 Å². The summed E-state index contributed by atoms with van der Waals surface area (Å²) in [5.41, 5.74) is 5.91. The van der Waals surface area contributed by atoms with Gasteiger partial charge in [0, 0.05) is 13.1 Å². The number of hydrogen-bond donors (Lipinski definition) is 2. The number of esters is 1. The maximum atomic E-state index is 11.8. The monoisotopic (exact) mass is 284 g/mol. The van der Waals surface area contributed by atoms with Crippen molar-refractivity contribution in [3.63, 3.8) is 0 Å². The third kappa shape index (κ3) is 2.67. The summed E-state index contributed by atoms with van der Waals surface area (Å²) in [6.07, 6.45) is 0. The number of anilines is 2. The van der Waals surface area contributed by atoms with Crippen LogP contribution in [-0.4, -0.2) is 60.2 Å². The minimum absolute atomic E-state index is 0.0132. The number of carboxylic acids is 1. The highest BCUT2D eigenvalue weighted by Gasteiger charge is 2.28. The predicted molar refractivity (Wildman–Crippen MR) is 68.6 cm³/mol. The average Bonchev–Trinajstić information content (AvgIpc) is 2.76. The average molecular weight is 284 g/mol. The van der Waals surface area contributed by atoms with Gasteiger partial charge >= 0.3 is 11.9 Å². The smallest absolute Gasteiger partial charge is 0.345 e. The van der Waals surface area contributed by atoms with Crippen LogP contribution in [0, 0.1) is 0 Å². The molecule has 0 bridgehead atoms. The van der Waals surface area contributed by atoms with E-state index >= 15 is 0 Å². The van der Waals surface area contributed by atoms with Gasteiger partial charge in [-0.05, 0) is 0 Å². The van der Waals surface area contributed by atoms with Crippen LogP contribution in [0.4, 0.5) is 11.6 Å². The number of carbonyl (C=O) groups is 2. The van der Waals surface area contributed by atoms with E-state index in [2.05, 4.69) is 9.84 Å². The van der Waals surface area contributed by atoms with Crippen molar-refractivity contribution in [1.29, 1.82) is 0 Å². The van der Waals surface area contributed by atoms with Crippen molar-refractivity contribution in [2.24, 2.45) is 0 Å². The summed E-state index contributed by atoms with van der Waals surface area (Å²) in [5.74, 6) is -1.41. The van der Waals surface area contributed by atoms with Gasteiger partial charge in [-0.25, -0.2) is 9.48 Å². The molecule has 1 fully saturated rings. The summed E-state index contributed by atoms with van der Waals surface area (Å²) < 4.78 is 11.0. The molecule has 2 heterocycles. The molecule has 0 aliphatic carbocycles. The van der Waals surface area contributed by atoms with E-state index in [1.54, 1.807) is 0 Å². The number of morpholine rings is 1. The summed E-state index contributed by atoms with van der Waals surface area (Å²) >= 11 is 0. The van der Waals surface area contributed by atoms with Gasteiger partial charge in [-0.1, -0.05) is 0 Å². The molecule has 1 aromatic heterocycles. The number of aromatic nitrogens is 2. The van der Waals surface area contributed by atoms with E-state index in [4.69, 9.17) is 15.6 Å². The second-order valence-electron chi connectivity index (χ2n) is 4.23. The van der Waals surface area contributed by atoms with Crippen molar-refractivity contribution in [3.05, 3.63) is 5.56 Å². The summed E-state index contributed by atoms with van der Waals surface area (Å²) in [7, 11) is 1.24. The fourth-order valence-electron chi connectivity index (χ4n) is 2.00. The number of hydrogen-bond acceptors (Lipinski definition) is 7. The number of carbonyl (C=O) groups excluding carboxylic acids is 1. The van der Waals surface area contributed by atoms with Crippen LogP contribution in [-0.2, 0) is 20.8 Å². The predicted octanol–water partition coefficient (Wildman–Crippen LogP) is -0.827. The Bertz CT molecular complexity index is 521. The fourth-order valence-corrected chi connectivity index (χ4v) is 2.00. The van der Waals surface area contributed by atoms with Gasteiger partial charge in [-0.2, -0.15) is 5.10 Å². The number of rotatable bonds is 4. The quantitative estimate of drug-likeness (QED) is 0.688. The maximum absolute atomic E-state index is 11.8. The van der Waals surface area contributed by atoms with Crippen LogP contribution in [0.25, 0.3) is 0 Å². The van der Waals surface area contributed by atoms with Crippen molar-refractivity contribution >= 4 is 23.6 Å². The number of nitrogen functional groups attached to an aromatic ring is 1. The van der Waals surface area contributed by atoms with E-state index in [1.807, 2.05) is 4.90 Å². The van der Waals surface area contributed by atoms with E-state index in [9.17, 15) is 9.59 Å². The minimum atomic E-state index is -1.09. The summed E-state index contributed by atoms with van der Waals surface area (Å²) in [6, 6.07) is 0. The van der Waals surface area contributed by atoms with Gasteiger partial charge in [-0.15, -0.1) is 0 Å². The number of nitrogens with two attached hydrogens (primary N) is 1. The minimum Gasteiger partial charge on any atom is -0.480 e. The lowest BCUT2D eigenvalue weighted by Crippen LogP contribution is -2.37. The summed E-state index contributed by atoms with van der Waals surface area (Å²) in [6.45, 7) is 1.69. The lowest BCUT2D eigenvalue weighted by molar-refractivity contribution is -0.137. The molecular formula is C11H16N4O5. The zero-order valence-electron chi connectivity index (χ0n) is 11.0. The molecule has 0 radical (unpaired) electrons. The topological polar surface area (TPSA) is 120 Å². The molecule has 3 N–H and O–H groups in total. The molecule has 1 aliphatic rings. The number of methoxy groups -OCH3 is 1. The third-order valence-electron chi connectivity index (χ3n) is 2.96. The van der Waals surface area contributed by atoms with Crippen molar-refractivity contribution in [1.82, 2.24) is 9.78 Å². The van der Waals surface area contributed by atoms with Gasteiger partial charge in [0.05, 0.1) is 20.3 Å². The molecule has 0 spiro atoms.